The summed E-state index contributed by atoms with van der Waals surface area (Å²) >= 11 is 0. The zero-order chi connectivity index (χ0) is 18.8. The Morgan fingerprint density at radius 1 is 1.11 bits per heavy atom. The molecule has 4 rings (SSSR count). The standard InChI is InChI=1S/C20H22N2O5/c1-13(20(23)21-14-7-8-17-19(9-14)26-12-25-17)22(2)10-15-11-24-16-5-3-4-6-18(16)27-15/h3-9,13,15H,10-12H2,1-2H3,(H,21,23). The van der Waals surface area contributed by atoms with Crippen LogP contribution in [-0.2, 0) is 4.79 Å². The molecule has 2 aliphatic heterocycles. The Balaban J connectivity index is 1.33. The lowest BCUT2D eigenvalue weighted by atomic mass is 10.2. The Bertz CT molecular complexity index is 841. The molecule has 2 aromatic carbocycles. The smallest absolute Gasteiger partial charge is 0.241 e. The molecule has 0 aromatic heterocycles. The van der Waals surface area contributed by atoms with Gasteiger partial charge in [-0.05, 0) is 38.2 Å². The number of fused-ring (bicyclic) bond motifs is 2. The minimum absolute atomic E-state index is 0.103. The van der Waals surface area contributed by atoms with Gasteiger partial charge in [0.15, 0.2) is 23.0 Å². The molecule has 2 aliphatic rings. The van der Waals surface area contributed by atoms with Crippen molar-refractivity contribution in [2.45, 2.75) is 19.1 Å². The van der Waals surface area contributed by atoms with Crippen LogP contribution in [0.4, 0.5) is 5.69 Å². The van der Waals surface area contributed by atoms with Crippen molar-refractivity contribution in [1.82, 2.24) is 4.90 Å². The molecule has 27 heavy (non-hydrogen) atoms. The van der Waals surface area contributed by atoms with E-state index in [1.807, 2.05) is 43.1 Å². The third kappa shape index (κ3) is 3.78. The first-order valence-electron chi connectivity index (χ1n) is 8.89. The van der Waals surface area contributed by atoms with Crippen LogP contribution in [0.15, 0.2) is 42.5 Å². The van der Waals surface area contributed by atoms with E-state index >= 15 is 0 Å². The van der Waals surface area contributed by atoms with E-state index in [4.69, 9.17) is 18.9 Å². The van der Waals surface area contributed by atoms with Crippen molar-refractivity contribution in [3.8, 4) is 23.0 Å². The van der Waals surface area contributed by atoms with Gasteiger partial charge in [-0.2, -0.15) is 0 Å². The SMILES string of the molecule is CC(C(=O)Nc1ccc2c(c1)OCO2)N(C)CC1COc2ccccc2O1. The highest BCUT2D eigenvalue weighted by Crippen LogP contribution is 2.34. The van der Waals surface area contributed by atoms with Crippen molar-refractivity contribution in [3.05, 3.63) is 42.5 Å². The van der Waals surface area contributed by atoms with Crippen molar-refractivity contribution in [2.75, 3.05) is 32.3 Å². The summed E-state index contributed by atoms with van der Waals surface area (Å²) in [5.41, 5.74) is 0.677. The Morgan fingerprint density at radius 2 is 1.85 bits per heavy atom. The molecule has 0 saturated carbocycles. The van der Waals surface area contributed by atoms with E-state index in [1.165, 1.54) is 0 Å². The van der Waals surface area contributed by atoms with E-state index in [9.17, 15) is 4.79 Å². The quantitative estimate of drug-likeness (QED) is 0.872. The van der Waals surface area contributed by atoms with Gasteiger partial charge >= 0.3 is 0 Å². The fourth-order valence-electron chi connectivity index (χ4n) is 3.05. The fourth-order valence-corrected chi connectivity index (χ4v) is 3.05. The van der Waals surface area contributed by atoms with Crippen LogP contribution in [0.25, 0.3) is 0 Å². The molecule has 0 aliphatic carbocycles. The summed E-state index contributed by atoms with van der Waals surface area (Å²) in [5.74, 6) is 2.71. The zero-order valence-electron chi connectivity index (χ0n) is 15.3. The third-order valence-electron chi connectivity index (χ3n) is 4.74. The highest BCUT2D eigenvalue weighted by molar-refractivity contribution is 5.94. The van der Waals surface area contributed by atoms with Gasteiger partial charge in [0.2, 0.25) is 12.7 Å². The molecular formula is C20H22N2O5. The van der Waals surface area contributed by atoms with Gasteiger partial charge in [-0.3, -0.25) is 9.69 Å². The average molecular weight is 370 g/mol. The lowest BCUT2D eigenvalue weighted by Gasteiger charge is -2.31. The summed E-state index contributed by atoms with van der Waals surface area (Å²) in [6, 6.07) is 12.6. The number of hydrogen-bond acceptors (Lipinski definition) is 6. The lowest BCUT2D eigenvalue weighted by Crippen LogP contribution is -2.46. The van der Waals surface area contributed by atoms with E-state index in [0.717, 1.165) is 11.5 Å². The summed E-state index contributed by atoms with van der Waals surface area (Å²) < 4.78 is 22.3. The molecule has 1 amide bonds. The number of ether oxygens (including phenoxy) is 4. The second-order valence-electron chi connectivity index (χ2n) is 6.67. The van der Waals surface area contributed by atoms with Gasteiger partial charge < -0.3 is 24.3 Å². The van der Waals surface area contributed by atoms with Gasteiger partial charge in [0.05, 0.1) is 6.04 Å². The number of anilines is 1. The Morgan fingerprint density at radius 3 is 2.70 bits per heavy atom. The van der Waals surface area contributed by atoms with Crippen LogP contribution in [0.3, 0.4) is 0 Å². The molecule has 0 saturated heterocycles. The Kier molecular flexibility index (Phi) is 4.77. The zero-order valence-corrected chi connectivity index (χ0v) is 15.3. The lowest BCUT2D eigenvalue weighted by molar-refractivity contribution is -0.120. The van der Waals surface area contributed by atoms with Gasteiger partial charge in [0, 0.05) is 18.3 Å². The number of rotatable bonds is 5. The van der Waals surface area contributed by atoms with Crippen molar-refractivity contribution in [1.29, 1.82) is 0 Å². The molecule has 0 bridgehead atoms. The summed E-state index contributed by atoms with van der Waals surface area (Å²) in [7, 11) is 1.90. The monoisotopic (exact) mass is 370 g/mol. The van der Waals surface area contributed by atoms with E-state index in [1.54, 1.807) is 18.2 Å². The highest BCUT2D eigenvalue weighted by Gasteiger charge is 2.26. The van der Waals surface area contributed by atoms with Gasteiger partial charge in [0.25, 0.3) is 0 Å². The number of benzene rings is 2. The van der Waals surface area contributed by atoms with E-state index < -0.39 is 0 Å². The van der Waals surface area contributed by atoms with Crippen LogP contribution >= 0.6 is 0 Å². The molecular weight excluding hydrogens is 348 g/mol. The Labute approximate surface area is 157 Å². The molecule has 1 N–H and O–H groups in total. The first-order chi connectivity index (χ1) is 13.1. The number of nitrogens with one attached hydrogen (secondary N) is 1. The maximum absolute atomic E-state index is 12.6. The second-order valence-corrected chi connectivity index (χ2v) is 6.67. The number of nitrogens with zero attached hydrogens (tertiary/aromatic N) is 1. The van der Waals surface area contributed by atoms with Crippen LogP contribution in [0, 0.1) is 0 Å². The van der Waals surface area contributed by atoms with Crippen LogP contribution in [0.5, 0.6) is 23.0 Å². The first kappa shape index (κ1) is 17.5. The summed E-state index contributed by atoms with van der Waals surface area (Å²) in [4.78, 5) is 14.5. The molecule has 2 aromatic rings. The number of carbonyl (C=O) groups is 1. The summed E-state index contributed by atoms with van der Waals surface area (Å²) in [5, 5.41) is 2.92. The van der Waals surface area contributed by atoms with Gasteiger partial charge in [-0.1, -0.05) is 12.1 Å². The number of amides is 1. The molecule has 142 valence electrons. The maximum Gasteiger partial charge on any atom is 0.241 e. The number of likely N-dealkylation sites (N-methyl/N-ethyl adjacent to an activating group) is 1. The third-order valence-corrected chi connectivity index (χ3v) is 4.74. The highest BCUT2D eigenvalue weighted by atomic mass is 16.7. The molecule has 2 heterocycles. The van der Waals surface area contributed by atoms with Crippen molar-refractivity contribution < 1.29 is 23.7 Å². The number of hydrogen-bond donors (Lipinski definition) is 1. The van der Waals surface area contributed by atoms with Crippen LogP contribution in [0.1, 0.15) is 6.92 Å². The summed E-state index contributed by atoms with van der Waals surface area (Å²) in [6.07, 6.45) is -0.134. The van der Waals surface area contributed by atoms with Crippen LogP contribution in [0.2, 0.25) is 0 Å². The van der Waals surface area contributed by atoms with Gasteiger partial charge in [-0.25, -0.2) is 0 Å². The predicted octanol–water partition coefficient (Wildman–Crippen LogP) is 2.51. The minimum Gasteiger partial charge on any atom is -0.486 e. The van der Waals surface area contributed by atoms with E-state index in [0.29, 0.717) is 30.3 Å². The number of carbonyl (C=O) groups excluding carboxylic acids is 1. The predicted molar refractivity (Wildman–Crippen MR) is 99.6 cm³/mol. The van der Waals surface area contributed by atoms with Crippen molar-refractivity contribution in [3.63, 3.8) is 0 Å². The van der Waals surface area contributed by atoms with E-state index in [2.05, 4.69) is 5.32 Å². The maximum atomic E-state index is 12.6. The Hall–Kier alpha value is -2.93. The van der Waals surface area contributed by atoms with Crippen molar-refractivity contribution in [2.24, 2.45) is 0 Å². The summed E-state index contributed by atoms with van der Waals surface area (Å²) in [6.45, 7) is 3.10. The molecule has 0 radical (unpaired) electrons. The molecule has 2 unspecified atom stereocenters. The molecule has 2 atom stereocenters. The normalized spacial score (nSPS) is 18.3. The van der Waals surface area contributed by atoms with Gasteiger partial charge in [-0.15, -0.1) is 0 Å². The molecule has 7 heteroatoms. The molecule has 0 fully saturated rings. The van der Waals surface area contributed by atoms with E-state index in [-0.39, 0.29) is 24.8 Å². The molecule has 7 nitrogen and oxygen atoms in total. The molecule has 0 spiro atoms. The largest absolute Gasteiger partial charge is 0.486 e. The van der Waals surface area contributed by atoms with Crippen LogP contribution < -0.4 is 24.3 Å². The minimum atomic E-state index is -0.337. The number of para-hydroxylation sites is 2. The second kappa shape index (κ2) is 7.36. The first-order valence-corrected chi connectivity index (χ1v) is 8.89. The van der Waals surface area contributed by atoms with Crippen LogP contribution in [-0.4, -0.2) is 49.9 Å². The van der Waals surface area contributed by atoms with Gasteiger partial charge in [0.1, 0.15) is 12.7 Å². The van der Waals surface area contributed by atoms with Crippen molar-refractivity contribution >= 4 is 11.6 Å². The fraction of sp³-hybridized carbons (Fsp3) is 0.350. The average Bonchev–Trinajstić information content (AvgIpc) is 3.15. The topological polar surface area (TPSA) is 69.3 Å².